The maximum Gasteiger partial charge on any atom is 0.224 e. The van der Waals surface area contributed by atoms with Crippen LogP contribution in [0.5, 0.6) is 17.2 Å². The smallest absolute Gasteiger partial charge is 0.224 e. The van der Waals surface area contributed by atoms with Crippen LogP contribution in [0.25, 0.3) is 0 Å². The fourth-order valence-corrected chi connectivity index (χ4v) is 5.38. The van der Waals surface area contributed by atoms with Gasteiger partial charge in [0.2, 0.25) is 5.28 Å². The Labute approximate surface area is 316 Å². The molecule has 2 aromatic carbocycles. The lowest BCUT2D eigenvalue weighted by Crippen LogP contribution is -2.25. The molecule has 12 nitrogen and oxygen atoms in total. The number of rotatable bonds is 27. The van der Waals surface area contributed by atoms with Gasteiger partial charge in [0, 0.05) is 31.5 Å². The molecule has 0 radical (unpaired) electrons. The summed E-state index contributed by atoms with van der Waals surface area (Å²) in [6.07, 6.45) is 5.93. The Morgan fingerprint density at radius 3 is 2.08 bits per heavy atom. The molecule has 7 N–H and O–H groups in total. The van der Waals surface area contributed by atoms with Crippen molar-refractivity contribution in [3.05, 3.63) is 70.6 Å². The number of unbranched alkanes of at least 4 members (excludes halogenated alkanes) is 1. The quantitative estimate of drug-likeness (QED) is 0.0298. The van der Waals surface area contributed by atoms with E-state index in [9.17, 15) is 5.11 Å². The first-order chi connectivity index (χ1) is 25.4. The number of aromatic nitrogens is 2. The number of nitrogens with zero attached hydrogens (tertiary/aromatic N) is 2. The summed E-state index contributed by atoms with van der Waals surface area (Å²) in [6, 6.07) is 15.5. The zero-order valence-electron chi connectivity index (χ0n) is 32.0. The molecule has 1 atom stereocenters. The molecule has 0 saturated carbocycles. The van der Waals surface area contributed by atoms with Gasteiger partial charge in [-0.1, -0.05) is 32.0 Å². The van der Waals surface area contributed by atoms with Gasteiger partial charge in [0.25, 0.3) is 0 Å². The standard InChI is InChI=1S/C21H30ClN3O3.C18H34N4O2/c1-5-16-13-19(25-21(22)23-16)24-18(6-2)15-9-11-17(12-10-15)28-14-20(26-7-3)27-8-4;1-24-18-14-16(6-7-17(18)23)15-22-13-5-12-21-10-3-2-9-20-11-4-8-19/h9-13,18,20H,5-8,14H2,1-4H3,(H,23,24,25);6-7,14,20-23H,2-5,8-13,15,19H2,1H3. The van der Waals surface area contributed by atoms with E-state index in [4.69, 9.17) is 36.3 Å². The number of aryl methyl sites for hydroxylation is 1. The highest BCUT2D eigenvalue weighted by Crippen LogP contribution is 2.26. The Hall–Kier alpha value is -3.23. The summed E-state index contributed by atoms with van der Waals surface area (Å²) in [5, 5.41) is 23.5. The van der Waals surface area contributed by atoms with Crippen molar-refractivity contribution >= 4 is 17.4 Å². The predicted octanol–water partition coefficient (Wildman–Crippen LogP) is 6.22. The zero-order valence-corrected chi connectivity index (χ0v) is 32.8. The molecule has 3 aromatic rings. The van der Waals surface area contributed by atoms with E-state index in [2.05, 4.69) is 50.3 Å². The number of nitrogens with one attached hydrogen (secondary N) is 4. The van der Waals surface area contributed by atoms with Crippen LogP contribution in [0.2, 0.25) is 5.28 Å². The summed E-state index contributed by atoms with van der Waals surface area (Å²) in [4.78, 5) is 8.50. The molecule has 52 heavy (non-hydrogen) atoms. The molecule has 1 unspecified atom stereocenters. The van der Waals surface area contributed by atoms with Crippen molar-refractivity contribution in [3.8, 4) is 17.2 Å². The second kappa shape index (κ2) is 28.3. The molecule has 0 fully saturated rings. The third-order valence-corrected chi connectivity index (χ3v) is 8.18. The van der Waals surface area contributed by atoms with Crippen molar-refractivity contribution in [2.75, 3.05) is 71.5 Å². The van der Waals surface area contributed by atoms with Crippen molar-refractivity contribution in [2.24, 2.45) is 5.73 Å². The molecule has 0 spiro atoms. The largest absolute Gasteiger partial charge is 0.504 e. The summed E-state index contributed by atoms with van der Waals surface area (Å²) < 4.78 is 21.9. The number of hydrogen-bond donors (Lipinski definition) is 6. The fourth-order valence-electron chi connectivity index (χ4n) is 5.18. The van der Waals surface area contributed by atoms with Crippen molar-refractivity contribution in [1.82, 2.24) is 25.9 Å². The second-order valence-corrected chi connectivity index (χ2v) is 12.4. The number of ether oxygens (including phenoxy) is 4. The van der Waals surface area contributed by atoms with Crippen molar-refractivity contribution in [2.45, 2.75) is 85.1 Å². The first kappa shape index (κ1) is 44.9. The van der Waals surface area contributed by atoms with Gasteiger partial charge >= 0.3 is 0 Å². The lowest BCUT2D eigenvalue weighted by atomic mass is 10.0. The van der Waals surface area contributed by atoms with Crippen LogP contribution >= 0.6 is 11.6 Å². The molecule has 0 bridgehead atoms. The summed E-state index contributed by atoms with van der Waals surface area (Å²) in [5.74, 6) is 2.22. The monoisotopic (exact) mass is 745 g/mol. The molecule has 1 heterocycles. The number of hydrogen-bond acceptors (Lipinski definition) is 12. The third kappa shape index (κ3) is 19.0. The van der Waals surface area contributed by atoms with E-state index in [1.165, 1.54) is 12.8 Å². The van der Waals surface area contributed by atoms with Crippen molar-refractivity contribution in [1.29, 1.82) is 0 Å². The maximum absolute atomic E-state index is 9.56. The zero-order chi connectivity index (χ0) is 37.8. The van der Waals surface area contributed by atoms with Crippen LogP contribution in [-0.4, -0.2) is 87.6 Å². The van der Waals surface area contributed by atoms with Crippen molar-refractivity contribution < 1.29 is 24.1 Å². The van der Waals surface area contributed by atoms with E-state index in [1.807, 2.05) is 51.1 Å². The van der Waals surface area contributed by atoms with Crippen molar-refractivity contribution in [3.63, 3.8) is 0 Å². The van der Waals surface area contributed by atoms with E-state index in [0.717, 1.165) is 99.9 Å². The van der Waals surface area contributed by atoms with Crippen LogP contribution in [0.15, 0.2) is 48.5 Å². The molecule has 3 rings (SSSR count). The molecule has 0 aliphatic heterocycles. The SMILES string of the molecule is CCOC(COc1ccc(C(CC)Nc2cc(CC)nc(Cl)n2)cc1)OCC.COc1cc(CNCCCNCCCCNCCCN)ccc1O. The number of methoxy groups -OCH3 is 1. The van der Waals surface area contributed by atoms with Gasteiger partial charge in [0.15, 0.2) is 17.8 Å². The van der Waals surface area contributed by atoms with E-state index in [0.29, 0.717) is 25.6 Å². The number of phenols is 1. The molecule has 0 amide bonds. The Bertz CT molecular complexity index is 1330. The first-order valence-corrected chi connectivity index (χ1v) is 19.2. The molecule has 0 aliphatic carbocycles. The van der Waals surface area contributed by atoms with Gasteiger partial charge in [-0.05, 0) is 139 Å². The first-order valence-electron chi connectivity index (χ1n) is 18.8. The lowest BCUT2D eigenvalue weighted by molar-refractivity contribution is -0.152. The molecule has 13 heteroatoms. The number of benzene rings is 2. The van der Waals surface area contributed by atoms with E-state index < -0.39 is 0 Å². The Balaban J connectivity index is 0.000000365. The third-order valence-electron chi connectivity index (χ3n) is 8.01. The number of nitrogens with two attached hydrogens (primary N) is 1. The van der Waals surface area contributed by atoms with Gasteiger partial charge in [0.05, 0.1) is 13.2 Å². The number of anilines is 1. The average Bonchev–Trinajstić information content (AvgIpc) is 3.15. The highest BCUT2D eigenvalue weighted by molar-refractivity contribution is 6.28. The predicted molar refractivity (Wildman–Crippen MR) is 212 cm³/mol. The van der Waals surface area contributed by atoms with Crippen LogP contribution in [-0.2, 0) is 22.4 Å². The molecule has 0 saturated heterocycles. The topological polar surface area (TPSA) is 157 Å². The van der Waals surface area contributed by atoms with Gasteiger partial charge in [0.1, 0.15) is 18.2 Å². The lowest BCUT2D eigenvalue weighted by Gasteiger charge is -2.20. The summed E-state index contributed by atoms with van der Waals surface area (Å²) in [7, 11) is 1.56. The van der Waals surface area contributed by atoms with Crippen LogP contribution in [0, 0.1) is 0 Å². The molecule has 1 aromatic heterocycles. The van der Waals surface area contributed by atoms with E-state index in [-0.39, 0.29) is 23.4 Å². The minimum Gasteiger partial charge on any atom is -0.504 e. The second-order valence-electron chi connectivity index (χ2n) is 12.1. The van der Waals surface area contributed by atoms with Crippen LogP contribution in [0.3, 0.4) is 0 Å². The highest BCUT2D eigenvalue weighted by atomic mass is 35.5. The van der Waals surface area contributed by atoms with Gasteiger partial charge in [-0.2, -0.15) is 0 Å². The highest BCUT2D eigenvalue weighted by Gasteiger charge is 2.13. The van der Waals surface area contributed by atoms with Crippen LogP contribution in [0.1, 0.15) is 82.7 Å². The number of aromatic hydroxyl groups is 1. The minimum absolute atomic E-state index is 0.115. The van der Waals surface area contributed by atoms with E-state index >= 15 is 0 Å². The molecular weight excluding hydrogens is 682 g/mol. The van der Waals surface area contributed by atoms with Crippen LogP contribution in [0.4, 0.5) is 5.82 Å². The van der Waals surface area contributed by atoms with Gasteiger partial charge in [-0.25, -0.2) is 9.97 Å². The Kier molecular flexibility index (Phi) is 24.4. The molecule has 0 aliphatic rings. The Morgan fingerprint density at radius 2 is 1.46 bits per heavy atom. The molecule has 292 valence electrons. The average molecular weight is 746 g/mol. The summed E-state index contributed by atoms with van der Waals surface area (Å²) in [6.45, 7) is 16.3. The summed E-state index contributed by atoms with van der Waals surface area (Å²) >= 11 is 6.03. The van der Waals surface area contributed by atoms with E-state index in [1.54, 1.807) is 13.2 Å². The number of halogens is 1. The fraction of sp³-hybridized carbons (Fsp3) is 0.590. The van der Waals surface area contributed by atoms with Gasteiger partial charge in [-0.3, -0.25) is 0 Å². The molecular formula is C39H64ClN7O5. The normalized spacial score (nSPS) is 11.6. The van der Waals surface area contributed by atoms with Crippen LogP contribution < -0.4 is 36.5 Å². The number of phenolic OH excluding ortho intramolecular Hbond substituents is 1. The Morgan fingerprint density at radius 1 is 0.808 bits per heavy atom. The van der Waals surface area contributed by atoms with Gasteiger partial charge < -0.3 is 51.1 Å². The minimum atomic E-state index is -0.352. The maximum atomic E-state index is 9.56. The van der Waals surface area contributed by atoms with Gasteiger partial charge in [-0.15, -0.1) is 0 Å². The summed E-state index contributed by atoms with van der Waals surface area (Å²) in [5.41, 5.74) is 8.61.